The molecule has 0 aliphatic heterocycles. The van der Waals surface area contributed by atoms with Gasteiger partial charge in [-0.1, -0.05) is 27.7 Å². The highest BCUT2D eigenvalue weighted by Gasteiger charge is 2.21. The normalized spacial score (nSPS) is 15.7. The Morgan fingerprint density at radius 3 is 2.56 bits per heavy atom. The number of rotatable bonds is 6. The van der Waals surface area contributed by atoms with E-state index in [1.807, 2.05) is 0 Å². The van der Waals surface area contributed by atoms with E-state index in [0.29, 0.717) is 6.04 Å². The van der Waals surface area contributed by atoms with Crippen LogP contribution >= 0.6 is 11.3 Å². The molecule has 104 valence electrons. The van der Waals surface area contributed by atoms with Crippen LogP contribution < -0.4 is 5.32 Å². The number of likely N-dealkylation sites (N-methyl/N-ethyl adjacent to an activating group) is 1. The first-order chi connectivity index (χ1) is 8.38. The second-order valence-corrected chi connectivity index (χ2v) is 6.63. The molecule has 0 aliphatic carbocycles. The maximum atomic E-state index is 5.43. The van der Waals surface area contributed by atoms with Crippen molar-refractivity contribution in [1.29, 1.82) is 0 Å². The standard InChI is InChI=1S/C14H26N2OS/c1-7-15-11(10(2)17-6)8-13-16-12(9-18-13)14(3,4)5/h9-11,15H,7-8H2,1-6H3. The van der Waals surface area contributed by atoms with Crippen LogP contribution in [-0.4, -0.2) is 30.8 Å². The third kappa shape index (κ3) is 4.34. The smallest absolute Gasteiger partial charge is 0.0945 e. The lowest BCUT2D eigenvalue weighted by atomic mass is 9.93. The molecule has 0 saturated carbocycles. The van der Waals surface area contributed by atoms with E-state index in [9.17, 15) is 0 Å². The molecule has 1 aromatic heterocycles. The van der Waals surface area contributed by atoms with Crippen LogP contribution in [0.2, 0.25) is 0 Å². The van der Waals surface area contributed by atoms with E-state index in [-0.39, 0.29) is 11.5 Å². The number of ether oxygens (including phenoxy) is 1. The van der Waals surface area contributed by atoms with E-state index < -0.39 is 0 Å². The lowest BCUT2D eigenvalue weighted by molar-refractivity contribution is 0.0836. The molecule has 18 heavy (non-hydrogen) atoms. The fourth-order valence-corrected chi connectivity index (χ4v) is 2.85. The Balaban J connectivity index is 2.72. The second-order valence-electron chi connectivity index (χ2n) is 5.69. The van der Waals surface area contributed by atoms with Crippen LogP contribution in [0.1, 0.15) is 45.3 Å². The highest BCUT2D eigenvalue weighted by atomic mass is 32.1. The molecule has 0 saturated heterocycles. The molecule has 0 aliphatic rings. The van der Waals surface area contributed by atoms with E-state index in [0.717, 1.165) is 13.0 Å². The van der Waals surface area contributed by atoms with Crippen LogP contribution in [0.5, 0.6) is 0 Å². The van der Waals surface area contributed by atoms with Crippen molar-refractivity contribution in [2.45, 2.75) is 58.6 Å². The van der Waals surface area contributed by atoms with Crippen molar-refractivity contribution in [3.63, 3.8) is 0 Å². The first-order valence-corrected chi connectivity index (χ1v) is 7.47. The van der Waals surface area contributed by atoms with E-state index in [1.165, 1.54) is 10.7 Å². The van der Waals surface area contributed by atoms with E-state index in [4.69, 9.17) is 9.72 Å². The third-order valence-corrected chi connectivity index (χ3v) is 3.99. The molecule has 3 nitrogen and oxygen atoms in total. The van der Waals surface area contributed by atoms with Crippen molar-refractivity contribution in [3.8, 4) is 0 Å². The fourth-order valence-electron chi connectivity index (χ4n) is 1.77. The summed E-state index contributed by atoms with van der Waals surface area (Å²) in [6.45, 7) is 11.8. The molecule has 1 aromatic rings. The summed E-state index contributed by atoms with van der Waals surface area (Å²) in [7, 11) is 1.76. The van der Waals surface area contributed by atoms with Crippen molar-refractivity contribution < 1.29 is 4.74 Å². The van der Waals surface area contributed by atoms with Gasteiger partial charge in [0.1, 0.15) is 0 Å². The number of methoxy groups -OCH3 is 1. The number of nitrogens with one attached hydrogen (secondary N) is 1. The summed E-state index contributed by atoms with van der Waals surface area (Å²) in [5.74, 6) is 0. The molecule has 0 amide bonds. The molecule has 1 N–H and O–H groups in total. The van der Waals surface area contributed by atoms with Gasteiger partial charge in [0.2, 0.25) is 0 Å². The maximum absolute atomic E-state index is 5.43. The zero-order chi connectivity index (χ0) is 13.8. The van der Waals surface area contributed by atoms with Crippen LogP contribution in [0.4, 0.5) is 0 Å². The Kier molecular flexibility index (Phi) is 5.76. The molecule has 4 heteroatoms. The van der Waals surface area contributed by atoms with Crippen molar-refractivity contribution >= 4 is 11.3 Å². The van der Waals surface area contributed by atoms with Crippen LogP contribution in [0.25, 0.3) is 0 Å². The van der Waals surface area contributed by atoms with Crippen molar-refractivity contribution in [3.05, 3.63) is 16.1 Å². The summed E-state index contributed by atoms with van der Waals surface area (Å²) in [6, 6.07) is 0.332. The molecular weight excluding hydrogens is 244 g/mol. The minimum absolute atomic E-state index is 0.134. The average molecular weight is 270 g/mol. The Morgan fingerprint density at radius 1 is 1.44 bits per heavy atom. The van der Waals surface area contributed by atoms with Crippen LogP contribution in [0.3, 0.4) is 0 Å². The summed E-state index contributed by atoms with van der Waals surface area (Å²) >= 11 is 1.75. The van der Waals surface area contributed by atoms with Gasteiger partial charge in [-0.25, -0.2) is 4.98 Å². The summed E-state index contributed by atoms with van der Waals surface area (Å²) < 4.78 is 5.43. The molecule has 0 aromatic carbocycles. The van der Waals surface area contributed by atoms with Gasteiger partial charge in [-0.05, 0) is 13.5 Å². The largest absolute Gasteiger partial charge is 0.380 e. The van der Waals surface area contributed by atoms with Gasteiger partial charge >= 0.3 is 0 Å². The summed E-state index contributed by atoms with van der Waals surface area (Å²) in [6.07, 6.45) is 1.13. The first kappa shape index (κ1) is 15.6. The van der Waals surface area contributed by atoms with Crippen LogP contribution in [0.15, 0.2) is 5.38 Å². The Morgan fingerprint density at radius 2 is 2.11 bits per heavy atom. The van der Waals surface area contributed by atoms with E-state index in [2.05, 4.69) is 45.3 Å². The average Bonchev–Trinajstić information content (AvgIpc) is 2.75. The number of hydrogen-bond donors (Lipinski definition) is 1. The second kappa shape index (κ2) is 6.64. The van der Waals surface area contributed by atoms with Gasteiger partial charge in [0.15, 0.2) is 0 Å². The van der Waals surface area contributed by atoms with Crippen molar-refractivity contribution in [2.24, 2.45) is 0 Å². The van der Waals surface area contributed by atoms with Crippen LogP contribution in [-0.2, 0) is 16.6 Å². The van der Waals surface area contributed by atoms with Crippen molar-refractivity contribution in [1.82, 2.24) is 10.3 Å². The first-order valence-electron chi connectivity index (χ1n) is 6.59. The molecule has 0 radical (unpaired) electrons. The fraction of sp³-hybridized carbons (Fsp3) is 0.786. The number of thiazole rings is 1. The van der Waals surface area contributed by atoms with Gasteiger partial charge < -0.3 is 10.1 Å². The Labute approximate surface area is 115 Å². The molecule has 1 heterocycles. The molecule has 2 unspecified atom stereocenters. The quantitative estimate of drug-likeness (QED) is 0.863. The number of aromatic nitrogens is 1. The zero-order valence-corrected chi connectivity index (χ0v) is 13.2. The van der Waals surface area contributed by atoms with Crippen molar-refractivity contribution in [2.75, 3.05) is 13.7 Å². The lowest BCUT2D eigenvalue weighted by Gasteiger charge is -2.22. The molecular formula is C14H26N2OS. The lowest BCUT2D eigenvalue weighted by Crippen LogP contribution is -2.41. The predicted molar refractivity (Wildman–Crippen MR) is 78.5 cm³/mol. The Bertz CT molecular complexity index is 357. The number of nitrogens with zero attached hydrogens (tertiary/aromatic N) is 1. The summed E-state index contributed by atoms with van der Waals surface area (Å²) in [5, 5.41) is 6.84. The van der Waals surface area contributed by atoms with Gasteiger partial charge in [-0.2, -0.15) is 0 Å². The summed E-state index contributed by atoms with van der Waals surface area (Å²) in [5.41, 5.74) is 1.32. The minimum Gasteiger partial charge on any atom is -0.380 e. The summed E-state index contributed by atoms with van der Waals surface area (Å²) in [4.78, 5) is 4.74. The monoisotopic (exact) mass is 270 g/mol. The van der Waals surface area contributed by atoms with E-state index in [1.54, 1.807) is 18.4 Å². The van der Waals surface area contributed by atoms with E-state index >= 15 is 0 Å². The highest BCUT2D eigenvalue weighted by Crippen LogP contribution is 2.24. The van der Waals surface area contributed by atoms with Gasteiger partial charge in [0, 0.05) is 30.4 Å². The van der Waals surface area contributed by atoms with Gasteiger partial charge in [0.05, 0.1) is 16.8 Å². The highest BCUT2D eigenvalue weighted by molar-refractivity contribution is 7.09. The van der Waals surface area contributed by atoms with Gasteiger partial charge in [0.25, 0.3) is 0 Å². The number of hydrogen-bond acceptors (Lipinski definition) is 4. The van der Waals surface area contributed by atoms with Crippen LogP contribution in [0, 0.1) is 0 Å². The van der Waals surface area contributed by atoms with Gasteiger partial charge in [-0.3, -0.25) is 0 Å². The molecule has 0 fully saturated rings. The topological polar surface area (TPSA) is 34.2 Å². The Hall–Kier alpha value is -0.450. The zero-order valence-electron chi connectivity index (χ0n) is 12.4. The molecule has 0 bridgehead atoms. The predicted octanol–water partition coefficient (Wildman–Crippen LogP) is 3.00. The van der Waals surface area contributed by atoms with Gasteiger partial charge in [-0.15, -0.1) is 11.3 Å². The molecule has 0 spiro atoms. The molecule has 1 rings (SSSR count). The maximum Gasteiger partial charge on any atom is 0.0945 e. The SMILES string of the molecule is CCNC(Cc1nc(C(C)(C)C)cs1)C(C)OC. The minimum atomic E-state index is 0.134. The third-order valence-electron chi connectivity index (χ3n) is 3.12. The molecule has 2 atom stereocenters.